The molecule has 0 N–H and O–H groups in total. The van der Waals surface area contributed by atoms with Gasteiger partial charge in [-0.05, 0) is 45.7 Å². The Bertz CT molecular complexity index is 509. The highest BCUT2D eigenvalue weighted by atomic mass is 32.1. The molecule has 0 aliphatic rings. The lowest BCUT2D eigenvalue weighted by Gasteiger charge is -2.04. The first-order valence-corrected chi connectivity index (χ1v) is 5.67. The van der Waals surface area contributed by atoms with Crippen LogP contribution in [-0.4, -0.2) is 4.98 Å². The summed E-state index contributed by atoms with van der Waals surface area (Å²) in [4.78, 5) is 6.00. The van der Waals surface area contributed by atoms with E-state index in [1.165, 1.54) is 31.8 Å². The highest BCUT2D eigenvalue weighted by Gasteiger charge is 2.12. The predicted molar refractivity (Wildman–Crippen MR) is 63.3 cm³/mol. The van der Waals surface area contributed by atoms with E-state index < -0.39 is 0 Å². The predicted octanol–water partition coefficient (Wildman–Crippen LogP) is 3.84. The van der Waals surface area contributed by atoms with E-state index in [-0.39, 0.29) is 0 Å². The maximum atomic E-state index is 4.58. The molecule has 1 nitrogen and oxygen atoms in total. The van der Waals surface area contributed by atoms with Gasteiger partial charge in [-0.3, -0.25) is 4.98 Å². The number of nitrogens with zero attached hydrogens (tertiary/aromatic N) is 1. The Morgan fingerprint density at radius 1 is 0.857 bits per heavy atom. The SMILES string of the molecule is Cc1nc(C)c2c(C)c(C)sc2c1C. The van der Waals surface area contributed by atoms with Crippen LogP contribution >= 0.6 is 11.3 Å². The van der Waals surface area contributed by atoms with E-state index in [1.807, 2.05) is 11.3 Å². The summed E-state index contributed by atoms with van der Waals surface area (Å²) in [5.74, 6) is 0. The van der Waals surface area contributed by atoms with E-state index in [0.717, 1.165) is 5.69 Å². The van der Waals surface area contributed by atoms with Crippen LogP contribution in [0.3, 0.4) is 0 Å². The van der Waals surface area contributed by atoms with E-state index in [2.05, 4.69) is 39.6 Å². The molecule has 2 rings (SSSR count). The molecule has 0 aliphatic heterocycles. The summed E-state index contributed by atoms with van der Waals surface area (Å²) in [5, 5.41) is 1.37. The minimum atomic E-state index is 1.16. The van der Waals surface area contributed by atoms with Gasteiger partial charge in [-0.25, -0.2) is 0 Å². The van der Waals surface area contributed by atoms with Crippen molar-refractivity contribution in [2.24, 2.45) is 0 Å². The van der Waals surface area contributed by atoms with Gasteiger partial charge in [0, 0.05) is 26.4 Å². The van der Waals surface area contributed by atoms with Crippen molar-refractivity contribution in [3.8, 4) is 0 Å². The van der Waals surface area contributed by atoms with Crippen molar-refractivity contribution in [3.05, 3.63) is 27.4 Å². The van der Waals surface area contributed by atoms with Crippen molar-refractivity contribution in [3.63, 3.8) is 0 Å². The molecule has 2 aromatic heterocycles. The number of pyridine rings is 1. The molecule has 0 fully saturated rings. The lowest BCUT2D eigenvalue weighted by Crippen LogP contribution is -1.91. The second kappa shape index (κ2) is 3.06. The Morgan fingerprint density at radius 3 is 2.14 bits per heavy atom. The van der Waals surface area contributed by atoms with Gasteiger partial charge in [0.15, 0.2) is 0 Å². The van der Waals surface area contributed by atoms with E-state index >= 15 is 0 Å². The molecular weight excluding hydrogens is 190 g/mol. The monoisotopic (exact) mass is 205 g/mol. The number of rotatable bonds is 0. The van der Waals surface area contributed by atoms with Gasteiger partial charge in [0.25, 0.3) is 0 Å². The third-order valence-electron chi connectivity index (χ3n) is 2.97. The molecule has 0 atom stereocenters. The van der Waals surface area contributed by atoms with E-state index in [9.17, 15) is 0 Å². The molecule has 2 heterocycles. The molecule has 0 saturated heterocycles. The van der Waals surface area contributed by atoms with Crippen LogP contribution in [0.25, 0.3) is 10.1 Å². The second-order valence-corrected chi connectivity index (χ2v) is 5.12. The number of hydrogen-bond donors (Lipinski definition) is 0. The lowest BCUT2D eigenvalue weighted by molar-refractivity contribution is 1.12. The molecule has 0 aromatic carbocycles. The quantitative estimate of drug-likeness (QED) is 0.637. The Kier molecular flexibility index (Phi) is 2.11. The number of thiophene rings is 1. The van der Waals surface area contributed by atoms with Crippen LogP contribution in [0.5, 0.6) is 0 Å². The first-order chi connectivity index (χ1) is 6.52. The first kappa shape index (κ1) is 9.66. The average molecular weight is 205 g/mol. The van der Waals surface area contributed by atoms with Crippen LogP contribution in [0.15, 0.2) is 0 Å². The first-order valence-electron chi connectivity index (χ1n) is 4.86. The average Bonchev–Trinajstić information content (AvgIpc) is 2.40. The fraction of sp³-hybridized carbons (Fsp3) is 0.417. The van der Waals surface area contributed by atoms with E-state index in [4.69, 9.17) is 0 Å². The molecule has 0 amide bonds. The molecular formula is C12H15NS. The summed E-state index contributed by atoms with van der Waals surface area (Å²) in [6, 6.07) is 0. The highest BCUT2D eigenvalue weighted by molar-refractivity contribution is 7.19. The van der Waals surface area contributed by atoms with Crippen LogP contribution in [0.1, 0.15) is 27.4 Å². The molecule has 0 spiro atoms. The second-order valence-electron chi connectivity index (χ2n) is 3.89. The summed E-state index contributed by atoms with van der Waals surface area (Å²) in [6.45, 7) is 10.7. The van der Waals surface area contributed by atoms with Gasteiger partial charge < -0.3 is 0 Å². The zero-order valence-electron chi connectivity index (χ0n) is 9.36. The van der Waals surface area contributed by atoms with Crippen molar-refractivity contribution >= 4 is 21.4 Å². The zero-order chi connectivity index (χ0) is 10.5. The van der Waals surface area contributed by atoms with E-state index in [0.29, 0.717) is 0 Å². The van der Waals surface area contributed by atoms with Crippen LogP contribution in [-0.2, 0) is 0 Å². The number of aromatic nitrogens is 1. The van der Waals surface area contributed by atoms with Crippen LogP contribution < -0.4 is 0 Å². The summed E-state index contributed by atoms with van der Waals surface area (Å²) in [7, 11) is 0. The van der Waals surface area contributed by atoms with Gasteiger partial charge in [0.1, 0.15) is 0 Å². The van der Waals surface area contributed by atoms with Gasteiger partial charge in [0.05, 0.1) is 0 Å². The molecule has 14 heavy (non-hydrogen) atoms. The fourth-order valence-corrected chi connectivity index (χ4v) is 3.15. The molecule has 0 aliphatic carbocycles. The minimum Gasteiger partial charge on any atom is -0.257 e. The molecule has 2 heteroatoms. The van der Waals surface area contributed by atoms with Crippen LogP contribution in [0, 0.1) is 34.6 Å². The number of fused-ring (bicyclic) bond motifs is 1. The van der Waals surface area contributed by atoms with Gasteiger partial charge in [0.2, 0.25) is 0 Å². The molecule has 74 valence electrons. The Hall–Kier alpha value is -0.890. The molecule has 0 bridgehead atoms. The fourth-order valence-electron chi connectivity index (χ4n) is 1.88. The summed E-state index contributed by atoms with van der Waals surface area (Å²) in [5.41, 5.74) is 5.08. The number of aryl methyl sites for hydroxylation is 5. The van der Waals surface area contributed by atoms with Gasteiger partial charge >= 0.3 is 0 Å². The smallest absolute Gasteiger partial charge is 0.0465 e. The van der Waals surface area contributed by atoms with Gasteiger partial charge in [-0.2, -0.15) is 0 Å². The maximum Gasteiger partial charge on any atom is 0.0465 e. The molecule has 0 radical (unpaired) electrons. The molecule has 0 unspecified atom stereocenters. The Labute approximate surface area is 88.8 Å². The van der Waals surface area contributed by atoms with Crippen molar-refractivity contribution in [2.45, 2.75) is 34.6 Å². The topological polar surface area (TPSA) is 12.9 Å². The summed E-state index contributed by atoms with van der Waals surface area (Å²) >= 11 is 1.89. The standard InChI is InChI=1S/C12H15NS/c1-6-8(3)13-9(4)11-7(2)10(5)14-12(6)11/h1-5H3. The number of hydrogen-bond acceptors (Lipinski definition) is 2. The molecule has 0 saturated carbocycles. The van der Waals surface area contributed by atoms with Crippen molar-refractivity contribution in [1.29, 1.82) is 0 Å². The van der Waals surface area contributed by atoms with Gasteiger partial charge in [-0.1, -0.05) is 0 Å². The Morgan fingerprint density at radius 2 is 1.50 bits per heavy atom. The maximum absolute atomic E-state index is 4.58. The zero-order valence-corrected chi connectivity index (χ0v) is 10.2. The third-order valence-corrected chi connectivity index (χ3v) is 4.29. The molecule has 2 aromatic rings. The van der Waals surface area contributed by atoms with Crippen molar-refractivity contribution in [1.82, 2.24) is 4.98 Å². The summed E-state index contributed by atoms with van der Waals surface area (Å²) in [6.07, 6.45) is 0. The van der Waals surface area contributed by atoms with Crippen LogP contribution in [0.2, 0.25) is 0 Å². The van der Waals surface area contributed by atoms with Gasteiger partial charge in [-0.15, -0.1) is 11.3 Å². The van der Waals surface area contributed by atoms with Crippen LogP contribution in [0.4, 0.5) is 0 Å². The minimum absolute atomic E-state index is 1.16. The largest absolute Gasteiger partial charge is 0.257 e. The van der Waals surface area contributed by atoms with Crippen molar-refractivity contribution < 1.29 is 0 Å². The Balaban J connectivity index is 3.02. The normalized spacial score (nSPS) is 11.2. The third kappa shape index (κ3) is 1.17. The lowest BCUT2D eigenvalue weighted by atomic mass is 10.1. The van der Waals surface area contributed by atoms with E-state index in [1.54, 1.807) is 0 Å². The highest BCUT2D eigenvalue weighted by Crippen LogP contribution is 2.34. The van der Waals surface area contributed by atoms with Crippen molar-refractivity contribution in [2.75, 3.05) is 0 Å². The summed E-state index contributed by atoms with van der Waals surface area (Å²) < 4.78 is 1.42.